The smallest absolute Gasteiger partial charge is 0.410 e. The average molecular weight is 1120 g/mol. The Labute approximate surface area is 470 Å². The van der Waals surface area contributed by atoms with Crippen LogP contribution in [0.5, 0.6) is 0 Å². The maximum atomic E-state index is 13.6. The molecule has 2 unspecified atom stereocenters. The lowest BCUT2D eigenvalue weighted by Gasteiger charge is -2.54. The fourth-order valence-corrected chi connectivity index (χ4v) is 23.1. The van der Waals surface area contributed by atoms with Crippen LogP contribution in [0.15, 0.2) is 52.6 Å². The van der Waals surface area contributed by atoms with Crippen molar-refractivity contribution >= 4 is 26.1 Å². The molecule has 1 amide bonds. The summed E-state index contributed by atoms with van der Waals surface area (Å²) < 4.78 is 73.7. The molecule has 13 rings (SSSR count). The van der Waals surface area contributed by atoms with Gasteiger partial charge in [-0.2, -0.15) is 0 Å². The zero-order valence-electron chi connectivity index (χ0n) is 49.2. The van der Waals surface area contributed by atoms with E-state index in [0.717, 1.165) is 100 Å². The van der Waals surface area contributed by atoms with Gasteiger partial charge in [0.2, 0.25) is 20.0 Å². The summed E-state index contributed by atoms with van der Waals surface area (Å²) in [6.07, 6.45) is 23.3. The van der Waals surface area contributed by atoms with Crippen molar-refractivity contribution in [1.29, 1.82) is 0 Å². The number of allylic oxidation sites excluding steroid dienone is 2. The van der Waals surface area contributed by atoms with Crippen molar-refractivity contribution in [2.45, 2.75) is 225 Å². The largest absolute Gasteiger partial charge is 0.445 e. The zero-order chi connectivity index (χ0) is 55.1. The van der Waals surface area contributed by atoms with Gasteiger partial charge in [-0.1, -0.05) is 83.0 Å². The van der Waals surface area contributed by atoms with Crippen molar-refractivity contribution in [3.05, 3.63) is 58.2 Å². The molecule has 0 bridgehead atoms. The minimum absolute atomic E-state index is 0.0322. The molecule has 12 nitrogen and oxygen atoms in total. The molecule has 2 spiro atoms. The normalized spacial score (nSPS) is 47.4. The third-order valence-corrected chi connectivity index (χ3v) is 26.8. The Morgan fingerprint density at radius 1 is 0.667 bits per heavy atom. The van der Waals surface area contributed by atoms with Crippen molar-refractivity contribution < 1.29 is 35.8 Å². The number of likely N-dealkylation sites (tertiary alicyclic amines) is 1. The topological polar surface area (TPSA) is 152 Å². The Kier molecular flexibility index (Phi) is 14.7. The first-order chi connectivity index (χ1) is 36.9. The van der Waals surface area contributed by atoms with Gasteiger partial charge in [0.1, 0.15) is 6.61 Å². The van der Waals surface area contributed by atoms with Gasteiger partial charge in [0.05, 0.1) is 42.0 Å². The number of nitrogens with one attached hydrogen (secondary N) is 3. The molecule has 6 saturated carbocycles. The highest BCUT2D eigenvalue weighted by Gasteiger charge is 2.65. The van der Waals surface area contributed by atoms with Gasteiger partial charge >= 0.3 is 6.09 Å². The number of amides is 1. The summed E-state index contributed by atoms with van der Waals surface area (Å²) in [6.45, 7) is 21.4. The lowest BCUT2D eigenvalue weighted by molar-refractivity contribution is -0.0666. The van der Waals surface area contributed by atoms with E-state index in [1.807, 2.05) is 35.2 Å². The molecular formula is C64H98N4O8S2. The molecule has 1 aromatic rings. The van der Waals surface area contributed by atoms with Crippen LogP contribution in [0.4, 0.5) is 4.79 Å². The van der Waals surface area contributed by atoms with Crippen molar-refractivity contribution in [3.63, 3.8) is 0 Å². The number of hydrogen-bond acceptors (Lipinski definition) is 9. The van der Waals surface area contributed by atoms with Crippen molar-refractivity contribution in [3.8, 4) is 0 Å². The molecule has 3 N–H and O–H groups in total. The number of hydrogen-bond donors (Lipinski definition) is 3. The minimum Gasteiger partial charge on any atom is -0.445 e. The van der Waals surface area contributed by atoms with E-state index in [-0.39, 0.29) is 52.9 Å². The van der Waals surface area contributed by atoms with E-state index in [0.29, 0.717) is 65.6 Å². The van der Waals surface area contributed by atoms with Crippen LogP contribution in [-0.2, 0) is 40.9 Å². The highest BCUT2D eigenvalue weighted by Crippen LogP contribution is 2.69. The van der Waals surface area contributed by atoms with Gasteiger partial charge in [0.15, 0.2) is 0 Å². The van der Waals surface area contributed by atoms with Crippen molar-refractivity contribution in [2.75, 3.05) is 25.6 Å². The molecule has 78 heavy (non-hydrogen) atoms. The summed E-state index contributed by atoms with van der Waals surface area (Å²) in [5, 5.41) is 3.85. The number of ether oxygens (including phenoxy) is 3. The molecule has 14 heteroatoms. The molecule has 0 aromatic heterocycles. The van der Waals surface area contributed by atoms with E-state index >= 15 is 0 Å². The van der Waals surface area contributed by atoms with Crippen LogP contribution in [0.25, 0.3) is 0 Å². The predicted octanol–water partition coefficient (Wildman–Crippen LogP) is 11.3. The van der Waals surface area contributed by atoms with Crippen LogP contribution in [0.2, 0.25) is 0 Å². The summed E-state index contributed by atoms with van der Waals surface area (Å²) in [7, 11) is -6.31. The summed E-state index contributed by atoms with van der Waals surface area (Å²) in [5.41, 5.74) is 7.73. The van der Waals surface area contributed by atoms with Crippen LogP contribution in [-0.4, -0.2) is 101 Å². The summed E-state index contributed by atoms with van der Waals surface area (Å²) in [4.78, 5) is 15.6. The standard InChI is InChI=1S/C36H52N2O5S.C28H46N2O3S/c1-22-17-32-33(38(20-22)34(39)42-21-25-9-7-6-8-10-25)24(3)36(43-32)16-14-28-29-12-11-26-18-27(37-44(5,40)41)13-15-35(26,4)31(29)19-30(28)23(36)2;1-16-12-25-26(29-15-16)18(3)28(33-25)11-9-21-22-7-6-19-13-20(30-34(5,31)32)8-10-27(19,4)24(22)14-23(21)17(28)2/h6-10,22,24,26-29,31-33,37H,11-21H2,1-5H3;16,18-22,24-26,29-30H,6-15H2,1-5H3/t22-,24+,26+,27+,28-,29?,31-,32+,33-,35-,36-;16-,18+,19+,20+,21-,22?,24-,25+,26-,27-,28-/m00/s1. The van der Waals surface area contributed by atoms with Gasteiger partial charge < -0.3 is 24.4 Å². The second-order valence-electron chi connectivity index (χ2n) is 29.3. The van der Waals surface area contributed by atoms with Gasteiger partial charge in [-0.15, -0.1) is 0 Å². The van der Waals surface area contributed by atoms with Gasteiger partial charge in [-0.3, -0.25) is 0 Å². The number of fused-ring (bicyclic) bond motifs is 12. The highest BCUT2D eigenvalue weighted by molar-refractivity contribution is 7.89. The quantitative estimate of drug-likeness (QED) is 0.236. The third kappa shape index (κ3) is 9.57. The second kappa shape index (κ2) is 20.5. The Hall–Kier alpha value is -2.33. The lowest BCUT2D eigenvalue weighted by atomic mass is 9.52. The molecule has 0 radical (unpaired) electrons. The lowest BCUT2D eigenvalue weighted by Crippen LogP contribution is -2.54. The number of benzene rings is 1. The van der Waals surface area contributed by atoms with E-state index in [4.69, 9.17) is 14.2 Å². The van der Waals surface area contributed by atoms with Gasteiger partial charge in [-0.05, 0) is 223 Å². The molecular weight excluding hydrogens is 1020 g/mol. The third-order valence-electron chi connectivity index (χ3n) is 25.3. The Balaban J connectivity index is 0.000000161. The van der Waals surface area contributed by atoms with Crippen LogP contribution >= 0.6 is 0 Å². The fraction of sp³-hybridized carbons (Fsp3) is 0.828. The number of piperidine rings is 2. The van der Waals surface area contributed by atoms with Crippen LogP contribution in [0, 0.1) is 81.8 Å². The van der Waals surface area contributed by atoms with E-state index in [1.54, 1.807) is 16.7 Å². The molecule has 4 heterocycles. The van der Waals surface area contributed by atoms with Crippen LogP contribution < -0.4 is 14.8 Å². The first-order valence-corrected chi connectivity index (χ1v) is 35.1. The first-order valence-electron chi connectivity index (χ1n) is 31.3. The van der Waals surface area contributed by atoms with Crippen LogP contribution in [0.1, 0.15) is 177 Å². The molecule has 22 atom stereocenters. The average Bonchev–Trinajstić information content (AvgIpc) is 3.69. The maximum Gasteiger partial charge on any atom is 0.410 e. The summed E-state index contributed by atoms with van der Waals surface area (Å²) >= 11 is 0. The summed E-state index contributed by atoms with van der Waals surface area (Å²) in [5.74, 6) is 7.40. The van der Waals surface area contributed by atoms with Gasteiger partial charge in [0, 0.05) is 36.5 Å². The van der Waals surface area contributed by atoms with Gasteiger partial charge in [-0.25, -0.2) is 31.1 Å². The fourth-order valence-electron chi connectivity index (χ4n) is 21.5. The van der Waals surface area contributed by atoms with E-state index in [2.05, 4.69) is 70.2 Å². The number of nitrogens with zero attached hydrogens (tertiary/aromatic N) is 1. The van der Waals surface area contributed by atoms with Crippen molar-refractivity contribution in [2.24, 2.45) is 81.8 Å². The SMILES string of the molecule is CC1=C2C[C@H]3C(CC[C@@H]4C[C@H](NS(C)(=O)=O)CC[C@@]43C)[C@@H]2CC[C@]12O[C@@H]1C[C@H](C)CN(C(=O)OCc3ccccc3)[C@H]1[C@H]2C.CC1=C2C[C@H]3C(CC[C@@H]4C[C@H](NS(C)(=O)=O)CC[C@@]43C)[C@@H]2CC[C@]12O[C@@H]1C[C@H](C)CN[C@H]1[C@H]2C. The Morgan fingerprint density at radius 2 is 1.18 bits per heavy atom. The monoisotopic (exact) mass is 1110 g/mol. The molecule has 8 aliphatic carbocycles. The van der Waals surface area contributed by atoms with Crippen molar-refractivity contribution in [1.82, 2.24) is 19.7 Å². The predicted molar refractivity (Wildman–Crippen MR) is 307 cm³/mol. The van der Waals surface area contributed by atoms with Crippen LogP contribution in [0.3, 0.4) is 0 Å². The zero-order valence-corrected chi connectivity index (χ0v) is 50.8. The highest BCUT2D eigenvalue weighted by atomic mass is 32.2. The van der Waals surface area contributed by atoms with Gasteiger partial charge in [0.25, 0.3) is 0 Å². The molecule has 4 saturated heterocycles. The number of sulfonamides is 2. The van der Waals surface area contributed by atoms with E-state index < -0.39 is 20.0 Å². The second-order valence-corrected chi connectivity index (χ2v) is 32.9. The molecule has 434 valence electrons. The Morgan fingerprint density at radius 3 is 1.72 bits per heavy atom. The molecule has 12 aliphatic rings. The number of carbonyl (C=O) groups excluding carboxylic acids is 1. The number of carbonyl (C=O) groups is 1. The number of rotatable bonds is 6. The molecule has 1 aromatic carbocycles. The molecule has 4 aliphatic heterocycles. The summed E-state index contributed by atoms with van der Waals surface area (Å²) in [6, 6.07) is 10.7. The van der Waals surface area contributed by atoms with E-state index in [1.165, 1.54) is 75.9 Å². The molecule has 10 fully saturated rings. The minimum atomic E-state index is -3.18. The maximum absolute atomic E-state index is 13.6. The van der Waals surface area contributed by atoms with E-state index in [9.17, 15) is 21.6 Å². The Bertz CT molecular complexity index is 2750. The first kappa shape index (κ1) is 56.2.